The molecule has 0 radical (unpaired) electrons. The highest BCUT2D eigenvalue weighted by Crippen LogP contribution is 2.39. The van der Waals surface area contributed by atoms with Gasteiger partial charge in [-0.15, -0.1) is 0 Å². The lowest BCUT2D eigenvalue weighted by atomic mass is 10.2. The Morgan fingerprint density at radius 3 is 0.962 bits per heavy atom. The molecule has 3 aromatic carbocycles. The Labute approximate surface area is 147 Å². The summed E-state index contributed by atoms with van der Waals surface area (Å²) >= 11 is 0. The minimum absolute atomic E-state index is 0.381. The van der Waals surface area contributed by atoms with Gasteiger partial charge in [-0.2, -0.15) is 0 Å². The van der Waals surface area contributed by atoms with Crippen LogP contribution in [-0.2, 0) is 0 Å². The Balaban J connectivity index is 1.75. The number of rotatable bonds is 4. The number of nitrogens with one attached hydrogen (secondary N) is 2. The Kier molecular flexibility index (Phi) is 4.24. The van der Waals surface area contributed by atoms with Gasteiger partial charge in [0, 0.05) is 47.0 Å². The van der Waals surface area contributed by atoms with Crippen molar-refractivity contribution in [3.8, 4) is 34.5 Å². The molecule has 3 rings (SSSR count). The summed E-state index contributed by atoms with van der Waals surface area (Å²) in [5.41, 5.74) is 2.06. The molecule has 8 heteroatoms. The van der Waals surface area contributed by atoms with Gasteiger partial charge in [-0.3, -0.25) is 0 Å². The lowest BCUT2D eigenvalue weighted by molar-refractivity contribution is 0.368. The van der Waals surface area contributed by atoms with Gasteiger partial charge in [0.15, 0.2) is 34.5 Å². The average Bonchev–Trinajstić information content (AvgIpc) is 2.59. The van der Waals surface area contributed by atoms with Crippen LogP contribution in [0.25, 0.3) is 0 Å². The molecule has 0 atom stereocenters. The summed E-state index contributed by atoms with van der Waals surface area (Å²) in [6, 6.07) is 11.9. The van der Waals surface area contributed by atoms with Crippen LogP contribution >= 0.6 is 0 Å². The monoisotopic (exact) mass is 356 g/mol. The van der Waals surface area contributed by atoms with E-state index in [1.165, 1.54) is 24.3 Å². The van der Waals surface area contributed by atoms with E-state index in [2.05, 4.69) is 10.6 Å². The maximum Gasteiger partial charge on any atom is 0.200 e. The SMILES string of the molecule is Oc1cc(Nc2ccc(Nc3cc(O)c(O)c(O)c3)cc2)cc(O)c1O. The van der Waals surface area contributed by atoms with Crippen LogP contribution in [0.4, 0.5) is 22.7 Å². The number of anilines is 4. The summed E-state index contributed by atoms with van der Waals surface area (Å²) in [5, 5.41) is 62.7. The minimum Gasteiger partial charge on any atom is -0.504 e. The molecule has 0 saturated heterocycles. The van der Waals surface area contributed by atoms with Crippen LogP contribution in [0, 0.1) is 0 Å². The third-order valence-corrected chi connectivity index (χ3v) is 3.60. The number of phenolic OH excluding ortho intramolecular Hbond substituents is 6. The van der Waals surface area contributed by atoms with E-state index in [0.29, 0.717) is 22.7 Å². The van der Waals surface area contributed by atoms with E-state index >= 15 is 0 Å². The second kappa shape index (κ2) is 6.52. The predicted molar refractivity (Wildman–Crippen MR) is 95.9 cm³/mol. The second-order valence-electron chi connectivity index (χ2n) is 5.55. The van der Waals surface area contributed by atoms with Gasteiger partial charge in [-0.05, 0) is 24.3 Å². The summed E-state index contributed by atoms with van der Waals surface area (Å²) in [7, 11) is 0. The van der Waals surface area contributed by atoms with Gasteiger partial charge in [0.25, 0.3) is 0 Å². The van der Waals surface area contributed by atoms with Gasteiger partial charge in [0.05, 0.1) is 0 Å². The maximum absolute atomic E-state index is 9.51. The van der Waals surface area contributed by atoms with Crippen LogP contribution in [0.1, 0.15) is 0 Å². The van der Waals surface area contributed by atoms with Crippen molar-refractivity contribution in [2.45, 2.75) is 0 Å². The molecule has 0 aliphatic rings. The van der Waals surface area contributed by atoms with Crippen molar-refractivity contribution in [1.82, 2.24) is 0 Å². The topological polar surface area (TPSA) is 145 Å². The van der Waals surface area contributed by atoms with E-state index < -0.39 is 34.5 Å². The second-order valence-corrected chi connectivity index (χ2v) is 5.55. The lowest BCUT2D eigenvalue weighted by Gasteiger charge is -2.11. The largest absolute Gasteiger partial charge is 0.504 e. The highest BCUT2D eigenvalue weighted by molar-refractivity contribution is 5.71. The molecule has 26 heavy (non-hydrogen) atoms. The highest BCUT2D eigenvalue weighted by Gasteiger charge is 2.09. The summed E-state index contributed by atoms with van der Waals surface area (Å²) in [6.07, 6.45) is 0. The van der Waals surface area contributed by atoms with Crippen molar-refractivity contribution in [1.29, 1.82) is 0 Å². The Hall–Kier alpha value is -3.94. The predicted octanol–water partition coefficient (Wildman–Crippen LogP) is 3.41. The normalized spacial score (nSPS) is 10.5. The Bertz CT molecular complexity index is 832. The smallest absolute Gasteiger partial charge is 0.200 e. The van der Waals surface area contributed by atoms with Gasteiger partial charge in [-0.25, -0.2) is 0 Å². The van der Waals surface area contributed by atoms with Crippen molar-refractivity contribution in [3.05, 3.63) is 48.5 Å². The van der Waals surface area contributed by atoms with E-state index in [0.717, 1.165) is 0 Å². The summed E-state index contributed by atoms with van der Waals surface area (Å²) in [5.74, 6) is -2.96. The van der Waals surface area contributed by atoms with E-state index in [9.17, 15) is 30.6 Å². The number of phenols is 6. The first-order valence-corrected chi connectivity index (χ1v) is 7.47. The molecule has 0 heterocycles. The molecule has 0 saturated carbocycles. The fraction of sp³-hybridized carbons (Fsp3) is 0. The fourth-order valence-corrected chi connectivity index (χ4v) is 2.32. The number of benzene rings is 3. The molecule has 0 amide bonds. The molecule has 3 aromatic rings. The zero-order valence-electron chi connectivity index (χ0n) is 13.3. The number of hydrogen-bond donors (Lipinski definition) is 8. The first-order chi connectivity index (χ1) is 12.3. The Morgan fingerprint density at radius 1 is 0.423 bits per heavy atom. The van der Waals surface area contributed by atoms with Crippen LogP contribution in [0.5, 0.6) is 34.5 Å². The molecule has 0 bridgehead atoms. The Morgan fingerprint density at radius 2 is 0.692 bits per heavy atom. The van der Waals surface area contributed by atoms with Crippen molar-refractivity contribution in [2.24, 2.45) is 0 Å². The molecule has 0 unspecified atom stereocenters. The van der Waals surface area contributed by atoms with Crippen LogP contribution < -0.4 is 10.6 Å². The first-order valence-electron chi connectivity index (χ1n) is 7.47. The maximum atomic E-state index is 9.51. The molecule has 8 N–H and O–H groups in total. The third kappa shape index (κ3) is 3.44. The molecule has 8 nitrogen and oxygen atoms in total. The lowest BCUT2D eigenvalue weighted by Crippen LogP contribution is -1.93. The molecule has 0 aliphatic heterocycles. The van der Waals surface area contributed by atoms with Crippen molar-refractivity contribution in [3.63, 3.8) is 0 Å². The van der Waals surface area contributed by atoms with Crippen LogP contribution in [0.15, 0.2) is 48.5 Å². The molecular weight excluding hydrogens is 340 g/mol. The van der Waals surface area contributed by atoms with E-state index in [4.69, 9.17) is 0 Å². The summed E-state index contributed by atoms with van der Waals surface area (Å²) in [6.45, 7) is 0. The summed E-state index contributed by atoms with van der Waals surface area (Å²) < 4.78 is 0. The van der Waals surface area contributed by atoms with E-state index in [1.54, 1.807) is 24.3 Å². The van der Waals surface area contributed by atoms with Crippen molar-refractivity contribution in [2.75, 3.05) is 10.6 Å². The van der Waals surface area contributed by atoms with Gasteiger partial charge in [0.2, 0.25) is 0 Å². The zero-order chi connectivity index (χ0) is 18.8. The standard InChI is InChI=1S/C18H16N2O6/c21-13-5-11(6-14(22)17(13)25)19-9-1-2-10(4-3-9)20-12-7-15(23)18(26)16(24)8-12/h1-8,19-26H. The molecule has 0 aromatic heterocycles. The molecule has 0 spiro atoms. The van der Waals surface area contributed by atoms with E-state index in [-0.39, 0.29) is 0 Å². The van der Waals surface area contributed by atoms with Gasteiger partial charge < -0.3 is 41.3 Å². The van der Waals surface area contributed by atoms with Crippen LogP contribution in [-0.4, -0.2) is 30.6 Å². The van der Waals surface area contributed by atoms with E-state index in [1.807, 2.05) is 0 Å². The molecule has 0 aliphatic carbocycles. The number of aromatic hydroxyl groups is 6. The van der Waals surface area contributed by atoms with Crippen LogP contribution in [0.2, 0.25) is 0 Å². The zero-order valence-corrected chi connectivity index (χ0v) is 13.3. The molecule has 0 fully saturated rings. The summed E-state index contributed by atoms with van der Waals surface area (Å²) in [4.78, 5) is 0. The first kappa shape index (κ1) is 16.9. The van der Waals surface area contributed by atoms with Gasteiger partial charge in [0.1, 0.15) is 0 Å². The minimum atomic E-state index is -0.587. The average molecular weight is 356 g/mol. The third-order valence-electron chi connectivity index (χ3n) is 3.60. The number of hydrogen-bond acceptors (Lipinski definition) is 8. The van der Waals surface area contributed by atoms with Gasteiger partial charge >= 0.3 is 0 Å². The van der Waals surface area contributed by atoms with Crippen molar-refractivity contribution >= 4 is 22.7 Å². The van der Waals surface area contributed by atoms with Gasteiger partial charge in [-0.1, -0.05) is 0 Å². The molecule has 134 valence electrons. The molecular formula is C18H16N2O6. The highest BCUT2D eigenvalue weighted by atomic mass is 16.3. The van der Waals surface area contributed by atoms with Crippen molar-refractivity contribution < 1.29 is 30.6 Å². The van der Waals surface area contributed by atoms with Crippen LogP contribution in [0.3, 0.4) is 0 Å². The quantitative estimate of drug-likeness (QED) is 0.262. The fourth-order valence-electron chi connectivity index (χ4n) is 2.32.